The molecule has 13 atom stereocenters. The van der Waals surface area contributed by atoms with E-state index in [-0.39, 0.29) is 0 Å². The van der Waals surface area contributed by atoms with Crippen LogP contribution in [0.4, 0.5) is 0 Å². The van der Waals surface area contributed by atoms with Gasteiger partial charge in [-0.05, 0) is 110 Å². The summed E-state index contributed by atoms with van der Waals surface area (Å²) in [6.45, 7) is 11.1. The quantitative estimate of drug-likeness (QED) is 0.530. The first-order valence-corrected chi connectivity index (χ1v) is 13.6. The zero-order chi connectivity index (χ0) is 21.5. The molecule has 31 heavy (non-hydrogen) atoms. The van der Waals surface area contributed by atoms with Gasteiger partial charge in [0.05, 0.1) is 24.4 Å². The van der Waals surface area contributed by atoms with E-state index in [2.05, 4.69) is 27.7 Å². The van der Waals surface area contributed by atoms with Gasteiger partial charge in [-0.25, -0.2) is 0 Å². The second-order valence-electron chi connectivity index (χ2n) is 13.3. The van der Waals surface area contributed by atoms with Crippen LogP contribution in [0.1, 0.15) is 85.5 Å². The summed E-state index contributed by atoms with van der Waals surface area (Å²) in [5.74, 6) is 5.73. The van der Waals surface area contributed by atoms with Crippen molar-refractivity contribution in [1.82, 2.24) is 0 Å². The van der Waals surface area contributed by atoms with Crippen molar-refractivity contribution < 1.29 is 14.2 Å². The van der Waals surface area contributed by atoms with E-state index in [9.17, 15) is 0 Å². The van der Waals surface area contributed by atoms with Crippen molar-refractivity contribution in [1.29, 1.82) is 0 Å². The molecule has 4 aliphatic carbocycles. The molecule has 2 saturated heterocycles. The molecule has 0 amide bonds. The zero-order valence-corrected chi connectivity index (χ0v) is 20.6. The number of hydrogen-bond donors (Lipinski definition) is 0. The Bertz CT molecular complexity index is 694. The monoisotopic (exact) mass is 430 g/mol. The minimum Gasteiger partial charge on any atom is -0.381 e. The van der Waals surface area contributed by atoms with E-state index in [1.807, 2.05) is 7.11 Å². The lowest BCUT2D eigenvalue weighted by Gasteiger charge is -2.61. The van der Waals surface area contributed by atoms with Crippen LogP contribution in [0.2, 0.25) is 0 Å². The zero-order valence-electron chi connectivity index (χ0n) is 20.6. The molecular weight excluding hydrogens is 384 g/mol. The van der Waals surface area contributed by atoms with Crippen LogP contribution in [0.3, 0.4) is 0 Å². The van der Waals surface area contributed by atoms with E-state index in [4.69, 9.17) is 14.2 Å². The first-order valence-electron chi connectivity index (χ1n) is 13.6. The Morgan fingerprint density at radius 3 is 2.39 bits per heavy atom. The largest absolute Gasteiger partial charge is 0.381 e. The van der Waals surface area contributed by atoms with Gasteiger partial charge in [-0.15, -0.1) is 0 Å². The summed E-state index contributed by atoms with van der Waals surface area (Å²) in [5.41, 5.74) is 1.04. The molecule has 3 heteroatoms. The van der Waals surface area contributed by atoms with Gasteiger partial charge in [0.2, 0.25) is 0 Å². The second-order valence-corrected chi connectivity index (χ2v) is 13.3. The summed E-state index contributed by atoms with van der Waals surface area (Å²) in [7, 11) is 1.92. The molecule has 0 bridgehead atoms. The second kappa shape index (κ2) is 7.44. The SMILES string of the molecule is CO[C@H]1CC[C@@]2(C)[C@@H](CC[C@@H]3[C@@H]2CC[C@]2(C)[C@H]4[C@H](C)[C@H]([C@H]5C[C@@H](C)CO5)O[C@H]4C[C@@H]32)C1. The Morgan fingerprint density at radius 2 is 1.65 bits per heavy atom. The van der Waals surface area contributed by atoms with Crippen LogP contribution < -0.4 is 0 Å². The van der Waals surface area contributed by atoms with Gasteiger partial charge in [0.15, 0.2) is 0 Å². The fourth-order valence-corrected chi connectivity index (χ4v) is 10.5. The number of methoxy groups -OCH3 is 1. The third-order valence-electron chi connectivity index (χ3n) is 12.0. The van der Waals surface area contributed by atoms with E-state index in [0.29, 0.717) is 47.1 Å². The van der Waals surface area contributed by atoms with Gasteiger partial charge in [0.25, 0.3) is 0 Å². The molecule has 6 aliphatic rings. The summed E-state index contributed by atoms with van der Waals surface area (Å²) < 4.78 is 18.9. The average molecular weight is 431 g/mol. The third kappa shape index (κ3) is 3.01. The van der Waals surface area contributed by atoms with Gasteiger partial charge >= 0.3 is 0 Å². The van der Waals surface area contributed by atoms with Crippen LogP contribution in [0.15, 0.2) is 0 Å². The van der Waals surface area contributed by atoms with Crippen LogP contribution in [-0.4, -0.2) is 38.1 Å². The molecule has 0 aromatic carbocycles. The fraction of sp³-hybridized carbons (Fsp3) is 1.00. The maximum atomic E-state index is 6.89. The van der Waals surface area contributed by atoms with E-state index in [0.717, 1.165) is 36.2 Å². The third-order valence-corrected chi connectivity index (χ3v) is 12.0. The molecule has 6 fully saturated rings. The smallest absolute Gasteiger partial charge is 0.0869 e. The van der Waals surface area contributed by atoms with Crippen molar-refractivity contribution in [3.63, 3.8) is 0 Å². The van der Waals surface area contributed by atoms with Crippen LogP contribution in [0.25, 0.3) is 0 Å². The number of fused-ring (bicyclic) bond motifs is 7. The highest BCUT2D eigenvalue weighted by Crippen LogP contribution is 2.70. The Kier molecular flexibility index (Phi) is 5.14. The molecule has 0 aromatic rings. The highest BCUT2D eigenvalue weighted by molar-refractivity contribution is 5.14. The lowest BCUT2D eigenvalue weighted by Crippen LogP contribution is -2.54. The Hall–Kier alpha value is -0.120. The van der Waals surface area contributed by atoms with Crippen LogP contribution in [0, 0.1) is 52.3 Å². The number of ether oxygens (including phenoxy) is 3. The Balaban J connectivity index is 1.22. The van der Waals surface area contributed by atoms with Crippen molar-refractivity contribution in [2.75, 3.05) is 13.7 Å². The highest BCUT2D eigenvalue weighted by Gasteiger charge is 2.66. The molecule has 176 valence electrons. The topological polar surface area (TPSA) is 27.7 Å². The van der Waals surface area contributed by atoms with Crippen molar-refractivity contribution in [3.05, 3.63) is 0 Å². The molecule has 0 N–H and O–H groups in total. The summed E-state index contributed by atoms with van der Waals surface area (Å²) in [6.07, 6.45) is 14.0. The first-order chi connectivity index (χ1) is 14.8. The van der Waals surface area contributed by atoms with Crippen LogP contribution >= 0.6 is 0 Å². The van der Waals surface area contributed by atoms with E-state index >= 15 is 0 Å². The van der Waals surface area contributed by atoms with Gasteiger partial charge in [-0.2, -0.15) is 0 Å². The van der Waals surface area contributed by atoms with Crippen molar-refractivity contribution in [2.24, 2.45) is 52.3 Å². The number of hydrogen-bond acceptors (Lipinski definition) is 3. The van der Waals surface area contributed by atoms with Crippen LogP contribution in [-0.2, 0) is 14.2 Å². The van der Waals surface area contributed by atoms with Crippen molar-refractivity contribution in [2.45, 2.75) is 110 Å². The first kappa shape index (κ1) is 21.4. The van der Waals surface area contributed by atoms with E-state index < -0.39 is 0 Å². The summed E-state index contributed by atoms with van der Waals surface area (Å²) in [6, 6.07) is 0. The number of rotatable bonds is 2. The fourth-order valence-electron chi connectivity index (χ4n) is 10.5. The predicted octanol–water partition coefficient (Wildman–Crippen LogP) is 6.10. The minimum absolute atomic E-state index is 0.341. The normalized spacial score (nSPS) is 60.9. The molecule has 6 rings (SSSR count). The summed E-state index contributed by atoms with van der Waals surface area (Å²) in [5, 5.41) is 0. The van der Waals surface area contributed by atoms with Gasteiger partial charge in [-0.1, -0.05) is 27.7 Å². The molecule has 0 unspecified atom stereocenters. The summed E-state index contributed by atoms with van der Waals surface area (Å²) >= 11 is 0. The summed E-state index contributed by atoms with van der Waals surface area (Å²) in [4.78, 5) is 0. The average Bonchev–Trinajstić information content (AvgIpc) is 3.40. The van der Waals surface area contributed by atoms with E-state index in [1.165, 1.54) is 57.8 Å². The van der Waals surface area contributed by atoms with Gasteiger partial charge in [-0.3, -0.25) is 0 Å². The van der Waals surface area contributed by atoms with Crippen molar-refractivity contribution >= 4 is 0 Å². The highest BCUT2D eigenvalue weighted by atomic mass is 16.6. The maximum absolute atomic E-state index is 6.89. The molecule has 2 aliphatic heterocycles. The Morgan fingerprint density at radius 1 is 0.839 bits per heavy atom. The van der Waals surface area contributed by atoms with Gasteiger partial charge in [0.1, 0.15) is 0 Å². The lowest BCUT2D eigenvalue weighted by atomic mass is 9.44. The van der Waals surface area contributed by atoms with Gasteiger partial charge < -0.3 is 14.2 Å². The standard InChI is InChI=1S/C28H46O3/c1-16-12-24(30-15-16)26-17(2)25-23(31-26)14-22-20-7-6-18-13-19(29-5)8-10-27(18,3)21(20)9-11-28(22,25)4/h16-26H,6-15H2,1-5H3/t16-,17+,18+,19+,20-,21+,22+,23+,24-,25+,26-,27+,28+/m1/s1. The molecule has 0 radical (unpaired) electrons. The molecule has 0 spiro atoms. The Labute approximate surface area is 190 Å². The maximum Gasteiger partial charge on any atom is 0.0869 e. The lowest BCUT2D eigenvalue weighted by molar-refractivity contribution is -0.135. The molecule has 3 nitrogen and oxygen atoms in total. The predicted molar refractivity (Wildman–Crippen MR) is 123 cm³/mol. The molecular formula is C28H46O3. The van der Waals surface area contributed by atoms with Gasteiger partial charge in [0, 0.05) is 13.7 Å². The molecule has 4 saturated carbocycles. The van der Waals surface area contributed by atoms with Crippen LogP contribution in [0.5, 0.6) is 0 Å². The molecule has 2 heterocycles. The minimum atomic E-state index is 0.341. The molecule has 0 aromatic heterocycles. The van der Waals surface area contributed by atoms with E-state index in [1.54, 1.807) is 0 Å². The van der Waals surface area contributed by atoms with Crippen molar-refractivity contribution in [3.8, 4) is 0 Å².